The lowest BCUT2D eigenvalue weighted by molar-refractivity contribution is -0.145. The Bertz CT molecular complexity index is 574. The van der Waals surface area contributed by atoms with Crippen molar-refractivity contribution in [3.63, 3.8) is 0 Å². The number of esters is 1. The van der Waals surface area contributed by atoms with E-state index in [4.69, 9.17) is 4.74 Å². The Morgan fingerprint density at radius 3 is 2.58 bits per heavy atom. The van der Waals surface area contributed by atoms with Gasteiger partial charge in [-0.25, -0.2) is 0 Å². The summed E-state index contributed by atoms with van der Waals surface area (Å²) in [4.78, 5) is 24.2. The zero-order valence-electron chi connectivity index (χ0n) is 15.2. The minimum atomic E-state index is -0.281. The maximum atomic E-state index is 12.3. The summed E-state index contributed by atoms with van der Waals surface area (Å²) < 4.78 is 5.23. The number of hydrogen-bond acceptors (Lipinski definition) is 3. The van der Waals surface area contributed by atoms with E-state index in [1.165, 1.54) is 0 Å². The number of unbranched alkanes of at least 4 members (excludes halogenated alkanes) is 2. The van der Waals surface area contributed by atoms with Gasteiger partial charge < -0.3 is 10.1 Å². The van der Waals surface area contributed by atoms with Crippen molar-refractivity contribution in [1.29, 1.82) is 0 Å². The van der Waals surface area contributed by atoms with Crippen LogP contribution >= 0.6 is 0 Å². The number of nitrogens with one attached hydrogen (secondary N) is 1. The van der Waals surface area contributed by atoms with Gasteiger partial charge in [-0.2, -0.15) is 0 Å². The van der Waals surface area contributed by atoms with E-state index in [0.29, 0.717) is 12.3 Å². The van der Waals surface area contributed by atoms with Gasteiger partial charge in [-0.1, -0.05) is 43.9 Å². The number of anilines is 1. The molecule has 4 nitrogen and oxygen atoms in total. The van der Waals surface area contributed by atoms with E-state index in [1.807, 2.05) is 45.0 Å². The van der Waals surface area contributed by atoms with E-state index in [0.717, 1.165) is 36.8 Å². The minimum absolute atomic E-state index is 0.161. The van der Waals surface area contributed by atoms with Gasteiger partial charge in [-0.3, -0.25) is 9.59 Å². The molecule has 0 aromatic heterocycles. The fourth-order valence-electron chi connectivity index (χ4n) is 2.54. The van der Waals surface area contributed by atoms with Crippen LogP contribution in [0.4, 0.5) is 5.69 Å². The number of hydrogen-bond donors (Lipinski definition) is 1. The summed E-state index contributed by atoms with van der Waals surface area (Å²) in [7, 11) is 0. The Kier molecular flexibility index (Phi) is 8.84. The van der Waals surface area contributed by atoms with Gasteiger partial charge in [0.05, 0.1) is 12.5 Å². The Hall–Kier alpha value is -2.10. The molecule has 0 aliphatic rings. The Morgan fingerprint density at radius 2 is 1.96 bits per heavy atom. The average Bonchev–Trinajstić information content (AvgIpc) is 2.51. The molecule has 1 rings (SSSR count). The standard InChI is InChI=1S/C20H29NO3/c1-5-7-8-12-18(20(23)24-6-2)16-10-9-11-17(14-16)21-19(22)13-15(3)4/h9-11,13-14,18H,5-8,12H2,1-4H3,(H,21,22). The van der Waals surface area contributed by atoms with Crippen LogP contribution in [0.25, 0.3) is 0 Å². The highest BCUT2D eigenvalue weighted by Crippen LogP contribution is 2.26. The lowest BCUT2D eigenvalue weighted by Crippen LogP contribution is -2.17. The maximum absolute atomic E-state index is 12.3. The van der Waals surface area contributed by atoms with Crippen LogP contribution in [0.1, 0.15) is 64.9 Å². The zero-order valence-corrected chi connectivity index (χ0v) is 15.2. The monoisotopic (exact) mass is 331 g/mol. The minimum Gasteiger partial charge on any atom is -0.466 e. The van der Waals surface area contributed by atoms with Crippen molar-refractivity contribution in [2.75, 3.05) is 11.9 Å². The highest BCUT2D eigenvalue weighted by atomic mass is 16.5. The van der Waals surface area contributed by atoms with E-state index in [9.17, 15) is 9.59 Å². The predicted octanol–water partition coefficient (Wildman–Crippen LogP) is 4.82. The number of allylic oxidation sites excluding steroid dienone is 1. The molecule has 1 amide bonds. The molecular weight excluding hydrogens is 302 g/mol. The number of amides is 1. The first kappa shape index (κ1) is 19.9. The van der Waals surface area contributed by atoms with Crippen LogP contribution in [-0.2, 0) is 14.3 Å². The van der Waals surface area contributed by atoms with Crippen LogP contribution in [-0.4, -0.2) is 18.5 Å². The van der Waals surface area contributed by atoms with Crippen molar-refractivity contribution in [1.82, 2.24) is 0 Å². The second-order valence-electron chi connectivity index (χ2n) is 6.14. The fraction of sp³-hybridized carbons (Fsp3) is 0.500. The molecule has 0 fully saturated rings. The summed E-state index contributed by atoms with van der Waals surface area (Å²) >= 11 is 0. The third-order valence-corrected chi connectivity index (χ3v) is 3.64. The van der Waals surface area contributed by atoms with Gasteiger partial charge in [-0.15, -0.1) is 0 Å². The average molecular weight is 331 g/mol. The zero-order chi connectivity index (χ0) is 17.9. The third kappa shape index (κ3) is 6.99. The summed E-state index contributed by atoms with van der Waals surface area (Å²) in [5.41, 5.74) is 2.52. The number of carbonyl (C=O) groups is 2. The molecule has 4 heteroatoms. The van der Waals surface area contributed by atoms with Crippen LogP contribution in [0.15, 0.2) is 35.9 Å². The molecule has 0 saturated carbocycles. The summed E-state index contributed by atoms with van der Waals surface area (Å²) in [5.74, 6) is -0.635. The highest BCUT2D eigenvalue weighted by molar-refractivity contribution is 5.99. The molecule has 24 heavy (non-hydrogen) atoms. The number of rotatable bonds is 9. The van der Waals surface area contributed by atoms with Crippen LogP contribution < -0.4 is 5.32 Å². The summed E-state index contributed by atoms with van der Waals surface area (Å²) in [6.07, 6.45) is 5.49. The number of benzene rings is 1. The van der Waals surface area contributed by atoms with Gasteiger partial charge in [0.2, 0.25) is 5.91 Å². The van der Waals surface area contributed by atoms with Crippen LogP contribution in [0.2, 0.25) is 0 Å². The van der Waals surface area contributed by atoms with E-state index in [2.05, 4.69) is 12.2 Å². The molecule has 1 atom stereocenters. The summed E-state index contributed by atoms with van der Waals surface area (Å²) in [5, 5.41) is 2.84. The lowest BCUT2D eigenvalue weighted by atomic mass is 9.93. The van der Waals surface area contributed by atoms with Crippen LogP contribution in [0, 0.1) is 0 Å². The van der Waals surface area contributed by atoms with Gasteiger partial charge in [-0.05, 0) is 44.9 Å². The normalized spacial score (nSPS) is 11.5. The van der Waals surface area contributed by atoms with Gasteiger partial charge >= 0.3 is 5.97 Å². The predicted molar refractivity (Wildman–Crippen MR) is 98.0 cm³/mol. The van der Waals surface area contributed by atoms with Crippen molar-refractivity contribution < 1.29 is 14.3 Å². The molecule has 132 valence electrons. The van der Waals surface area contributed by atoms with Crippen molar-refractivity contribution in [2.45, 2.75) is 59.3 Å². The van der Waals surface area contributed by atoms with Crippen molar-refractivity contribution in [3.8, 4) is 0 Å². The molecule has 0 radical (unpaired) electrons. The molecule has 0 aliphatic heterocycles. The molecule has 0 aliphatic carbocycles. The molecule has 1 aromatic rings. The molecular formula is C20H29NO3. The molecule has 0 bridgehead atoms. The van der Waals surface area contributed by atoms with Crippen molar-refractivity contribution in [3.05, 3.63) is 41.5 Å². The lowest BCUT2D eigenvalue weighted by Gasteiger charge is -2.17. The maximum Gasteiger partial charge on any atom is 0.313 e. The van der Waals surface area contributed by atoms with Gasteiger partial charge in [0.1, 0.15) is 0 Å². The molecule has 1 aromatic carbocycles. The number of ether oxygens (including phenoxy) is 1. The first-order chi connectivity index (χ1) is 11.5. The summed E-state index contributed by atoms with van der Waals surface area (Å²) in [6.45, 7) is 8.08. The second-order valence-corrected chi connectivity index (χ2v) is 6.14. The van der Waals surface area contributed by atoms with E-state index in [1.54, 1.807) is 6.08 Å². The van der Waals surface area contributed by atoms with Gasteiger partial charge in [0.25, 0.3) is 0 Å². The molecule has 1 N–H and O–H groups in total. The Labute approximate surface area is 145 Å². The molecule has 0 heterocycles. The molecule has 0 saturated heterocycles. The van der Waals surface area contributed by atoms with Crippen molar-refractivity contribution >= 4 is 17.6 Å². The second kappa shape index (κ2) is 10.6. The SMILES string of the molecule is CCCCCC(C(=O)OCC)c1cccc(NC(=O)C=C(C)C)c1. The number of carbonyl (C=O) groups excluding carboxylic acids is 2. The van der Waals surface area contributed by atoms with Crippen molar-refractivity contribution in [2.24, 2.45) is 0 Å². The van der Waals surface area contributed by atoms with Gasteiger partial charge in [0, 0.05) is 11.8 Å². The molecule has 1 unspecified atom stereocenters. The summed E-state index contributed by atoms with van der Waals surface area (Å²) in [6, 6.07) is 7.47. The topological polar surface area (TPSA) is 55.4 Å². The van der Waals surface area contributed by atoms with Crippen LogP contribution in [0.5, 0.6) is 0 Å². The Balaban J connectivity index is 2.93. The largest absolute Gasteiger partial charge is 0.466 e. The fourth-order valence-corrected chi connectivity index (χ4v) is 2.54. The first-order valence-corrected chi connectivity index (χ1v) is 8.70. The van der Waals surface area contributed by atoms with E-state index in [-0.39, 0.29) is 17.8 Å². The third-order valence-electron chi connectivity index (χ3n) is 3.64. The molecule has 0 spiro atoms. The highest BCUT2D eigenvalue weighted by Gasteiger charge is 2.21. The smallest absolute Gasteiger partial charge is 0.313 e. The first-order valence-electron chi connectivity index (χ1n) is 8.70. The van der Waals surface area contributed by atoms with Crippen LogP contribution in [0.3, 0.4) is 0 Å². The van der Waals surface area contributed by atoms with Gasteiger partial charge in [0.15, 0.2) is 0 Å². The van der Waals surface area contributed by atoms with E-state index >= 15 is 0 Å². The van der Waals surface area contributed by atoms with E-state index < -0.39 is 0 Å². The quantitative estimate of drug-likeness (QED) is 0.401. The Morgan fingerprint density at radius 1 is 1.21 bits per heavy atom.